The highest BCUT2D eigenvalue weighted by Gasteiger charge is 2.14. The highest BCUT2D eigenvalue weighted by atomic mass is 16.5. The van der Waals surface area contributed by atoms with Crippen molar-refractivity contribution in [3.05, 3.63) is 48.6 Å². The molecule has 236 valence electrons. The fourth-order valence-corrected chi connectivity index (χ4v) is 4.82. The number of hydrogen-bond acceptors (Lipinski definition) is 3. The van der Waals surface area contributed by atoms with Gasteiger partial charge in [-0.25, -0.2) is 0 Å². The first-order valence-electron chi connectivity index (χ1n) is 17.1. The van der Waals surface area contributed by atoms with E-state index in [1.165, 1.54) is 38.5 Å². The summed E-state index contributed by atoms with van der Waals surface area (Å²) in [6.45, 7) is 4.40. The maximum atomic E-state index is 12.5. The van der Waals surface area contributed by atoms with Crippen molar-refractivity contribution in [3.63, 3.8) is 0 Å². The number of allylic oxidation sites excluding steroid dienone is 8. The molecular formula is C37H64O4. The van der Waals surface area contributed by atoms with Gasteiger partial charge in [-0.2, -0.15) is 0 Å². The predicted molar refractivity (Wildman–Crippen MR) is 176 cm³/mol. The van der Waals surface area contributed by atoms with E-state index in [1.807, 2.05) is 0 Å². The van der Waals surface area contributed by atoms with Crippen LogP contribution >= 0.6 is 0 Å². The van der Waals surface area contributed by atoms with Crippen LogP contribution in [0.2, 0.25) is 0 Å². The van der Waals surface area contributed by atoms with Crippen LogP contribution in [0, 0.1) is 0 Å². The van der Waals surface area contributed by atoms with Crippen LogP contribution in [0.3, 0.4) is 0 Å². The Labute approximate surface area is 253 Å². The molecule has 0 aromatic carbocycles. The van der Waals surface area contributed by atoms with Crippen LogP contribution in [0.5, 0.6) is 0 Å². The van der Waals surface area contributed by atoms with Crippen LogP contribution in [0.25, 0.3) is 0 Å². The molecule has 4 heteroatoms. The minimum absolute atomic E-state index is 0.0265. The molecule has 0 saturated heterocycles. The topological polar surface area (TPSA) is 63.6 Å². The zero-order chi connectivity index (χ0) is 30.1. The first-order valence-corrected chi connectivity index (χ1v) is 17.1. The van der Waals surface area contributed by atoms with Crippen molar-refractivity contribution >= 4 is 11.9 Å². The number of hydrogen-bond donors (Lipinski definition) is 1. The van der Waals surface area contributed by atoms with Crippen molar-refractivity contribution < 1.29 is 19.4 Å². The molecule has 0 aliphatic rings. The Balaban J connectivity index is 3.99. The second-order valence-electron chi connectivity index (χ2n) is 11.3. The highest BCUT2D eigenvalue weighted by molar-refractivity contribution is 5.69. The van der Waals surface area contributed by atoms with E-state index in [4.69, 9.17) is 9.84 Å². The van der Waals surface area contributed by atoms with E-state index in [-0.39, 0.29) is 18.5 Å². The van der Waals surface area contributed by atoms with Crippen molar-refractivity contribution in [2.75, 3.05) is 0 Å². The van der Waals surface area contributed by atoms with Crippen LogP contribution in [-0.2, 0) is 14.3 Å². The van der Waals surface area contributed by atoms with Crippen LogP contribution in [0.15, 0.2) is 48.6 Å². The Kier molecular flexibility index (Phi) is 30.8. The van der Waals surface area contributed by atoms with Gasteiger partial charge in [0.15, 0.2) is 0 Å². The number of unbranched alkanes of at least 4 members (excludes halogenated alkanes) is 13. The van der Waals surface area contributed by atoms with Crippen molar-refractivity contribution in [1.29, 1.82) is 0 Å². The summed E-state index contributed by atoms with van der Waals surface area (Å²) in [7, 11) is 0. The molecule has 0 aliphatic carbocycles. The van der Waals surface area contributed by atoms with E-state index in [1.54, 1.807) is 0 Å². The van der Waals surface area contributed by atoms with Crippen LogP contribution in [0.1, 0.15) is 168 Å². The van der Waals surface area contributed by atoms with Crippen LogP contribution < -0.4 is 0 Å². The summed E-state index contributed by atoms with van der Waals surface area (Å²) in [6.07, 6.45) is 42.7. The molecule has 0 saturated carbocycles. The third-order valence-electron chi connectivity index (χ3n) is 7.32. The summed E-state index contributed by atoms with van der Waals surface area (Å²) < 4.78 is 5.92. The van der Waals surface area contributed by atoms with Crippen LogP contribution in [-0.4, -0.2) is 23.1 Å². The van der Waals surface area contributed by atoms with Gasteiger partial charge in [0, 0.05) is 12.8 Å². The average Bonchev–Trinajstić information content (AvgIpc) is 2.95. The molecule has 0 amide bonds. The monoisotopic (exact) mass is 572 g/mol. The molecule has 0 aromatic rings. The lowest BCUT2D eigenvalue weighted by molar-refractivity contribution is -0.150. The number of esters is 1. The minimum atomic E-state index is -0.707. The first kappa shape index (κ1) is 38.9. The van der Waals surface area contributed by atoms with E-state index in [9.17, 15) is 9.59 Å². The molecule has 1 N–H and O–H groups in total. The first-order chi connectivity index (χ1) is 20.1. The molecule has 0 aliphatic heterocycles. The Hall–Kier alpha value is -2.10. The molecule has 1 atom stereocenters. The molecule has 1 unspecified atom stereocenters. The number of rotatable bonds is 30. The minimum Gasteiger partial charge on any atom is -0.481 e. The SMILES string of the molecule is CC/C=C\C/C=C\C/C=C\C/C=C\CCCCCCC(=O)OC(CCCCCCCC)CCCCCCCC(=O)O. The average molecular weight is 573 g/mol. The smallest absolute Gasteiger partial charge is 0.306 e. The largest absolute Gasteiger partial charge is 0.481 e. The van der Waals surface area contributed by atoms with Gasteiger partial charge in [-0.05, 0) is 77.0 Å². The Morgan fingerprint density at radius 1 is 0.561 bits per heavy atom. The van der Waals surface area contributed by atoms with E-state index < -0.39 is 5.97 Å². The third kappa shape index (κ3) is 32.3. The number of carbonyl (C=O) groups excluding carboxylic acids is 1. The summed E-state index contributed by atoms with van der Waals surface area (Å²) in [5.41, 5.74) is 0. The van der Waals surface area contributed by atoms with Crippen molar-refractivity contribution in [3.8, 4) is 0 Å². The molecule has 0 radical (unpaired) electrons. The summed E-state index contributed by atoms with van der Waals surface area (Å²) >= 11 is 0. The Morgan fingerprint density at radius 3 is 1.59 bits per heavy atom. The van der Waals surface area contributed by atoms with Gasteiger partial charge in [-0.1, -0.05) is 127 Å². The van der Waals surface area contributed by atoms with E-state index >= 15 is 0 Å². The summed E-state index contributed by atoms with van der Waals surface area (Å²) in [6, 6.07) is 0. The molecule has 0 aromatic heterocycles. The molecule has 0 fully saturated rings. The second kappa shape index (κ2) is 32.4. The summed E-state index contributed by atoms with van der Waals surface area (Å²) in [5.74, 6) is -0.733. The fraction of sp³-hybridized carbons (Fsp3) is 0.730. The Bertz CT molecular complexity index is 704. The van der Waals surface area contributed by atoms with E-state index in [2.05, 4.69) is 62.5 Å². The Morgan fingerprint density at radius 2 is 1.02 bits per heavy atom. The molecule has 4 nitrogen and oxygen atoms in total. The molecular weight excluding hydrogens is 508 g/mol. The number of ether oxygens (including phenoxy) is 1. The molecule has 0 spiro atoms. The zero-order valence-corrected chi connectivity index (χ0v) is 26.8. The fourth-order valence-electron chi connectivity index (χ4n) is 4.82. The molecule has 41 heavy (non-hydrogen) atoms. The van der Waals surface area contributed by atoms with Gasteiger partial charge in [-0.3, -0.25) is 9.59 Å². The molecule has 0 bridgehead atoms. The highest BCUT2D eigenvalue weighted by Crippen LogP contribution is 2.18. The van der Waals surface area contributed by atoms with Gasteiger partial charge >= 0.3 is 11.9 Å². The number of aliphatic carboxylic acids is 1. The quantitative estimate of drug-likeness (QED) is 0.0528. The van der Waals surface area contributed by atoms with E-state index in [0.29, 0.717) is 6.42 Å². The standard InChI is InChI=1S/C37H64O4/c1-3-5-7-9-11-12-13-14-15-16-17-18-19-20-21-26-30-34-37(40)41-35(31-27-23-10-8-6-4-2)32-28-24-22-25-29-33-36(38)39/h5,7,11-12,14-15,17-18,35H,3-4,6,8-10,13,16,19-34H2,1-2H3,(H,38,39)/b7-5-,12-11-,15-14-,18-17-. The number of carbonyl (C=O) groups is 2. The maximum absolute atomic E-state index is 12.5. The normalized spacial score (nSPS) is 12.8. The lowest BCUT2D eigenvalue weighted by atomic mass is 10.0. The van der Waals surface area contributed by atoms with Gasteiger partial charge in [0.25, 0.3) is 0 Å². The van der Waals surface area contributed by atoms with E-state index in [0.717, 1.165) is 103 Å². The maximum Gasteiger partial charge on any atom is 0.306 e. The number of carboxylic acid groups (broad SMARTS) is 1. The second-order valence-corrected chi connectivity index (χ2v) is 11.3. The zero-order valence-electron chi connectivity index (χ0n) is 26.8. The van der Waals surface area contributed by atoms with Crippen LogP contribution in [0.4, 0.5) is 0 Å². The number of carboxylic acids is 1. The van der Waals surface area contributed by atoms with Gasteiger partial charge in [0.05, 0.1) is 0 Å². The van der Waals surface area contributed by atoms with Gasteiger partial charge in [-0.15, -0.1) is 0 Å². The van der Waals surface area contributed by atoms with Crippen molar-refractivity contribution in [1.82, 2.24) is 0 Å². The molecule has 0 heterocycles. The van der Waals surface area contributed by atoms with Gasteiger partial charge < -0.3 is 9.84 Å². The van der Waals surface area contributed by atoms with Crippen molar-refractivity contribution in [2.45, 2.75) is 174 Å². The summed E-state index contributed by atoms with van der Waals surface area (Å²) in [5, 5.41) is 8.76. The lowest BCUT2D eigenvalue weighted by Gasteiger charge is -2.18. The third-order valence-corrected chi connectivity index (χ3v) is 7.32. The van der Waals surface area contributed by atoms with Gasteiger partial charge in [0.2, 0.25) is 0 Å². The predicted octanol–water partition coefficient (Wildman–Crippen LogP) is 11.6. The molecule has 0 rings (SSSR count). The van der Waals surface area contributed by atoms with Crippen molar-refractivity contribution in [2.24, 2.45) is 0 Å². The van der Waals surface area contributed by atoms with Gasteiger partial charge in [0.1, 0.15) is 6.10 Å². The summed E-state index contributed by atoms with van der Waals surface area (Å²) in [4.78, 5) is 23.2. The lowest BCUT2D eigenvalue weighted by Crippen LogP contribution is -2.18.